The first-order chi connectivity index (χ1) is 14.1. The van der Waals surface area contributed by atoms with E-state index in [1.807, 2.05) is 0 Å². The van der Waals surface area contributed by atoms with E-state index in [-0.39, 0.29) is 24.6 Å². The van der Waals surface area contributed by atoms with E-state index in [2.05, 4.69) is 25.6 Å². The molecule has 30 heavy (non-hydrogen) atoms. The van der Waals surface area contributed by atoms with Crippen molar-refractivity contribution in [2.24, 2.45) is 5.73 Å². The molecule has 0 fully saturated rings. The second kappa shape index (κ2) is 8.45. The first-order valence-electron chi connectivity index (χ1n) is 8.76. The third kappa shape index (κ3) is 5.50. The van der Waals surface area contributed by atoms with Gasteiger partial charge in [-0.15, -0.1) is 5.10 Å². The number of anilines is 2. The molecule has 3 aromatic rings. The van der Waals surface area contributed by atoms with Crippen molar-refractivity contribution < 1.29 is 23.1 Å². The Morgan fingerprint density at radius 1 is 1.27 bits per heavy atom. The number of amides is 1. The zero-order valence-electron chi connectivity index (χ0n) is 15.8. The molecule has 9 nitrogen and oxygen atoms in total. The molecule has 0 aliphatic carbocycles. The lowest BCUT2D eigenvalue weighted by Gasteiger charge is -2.10. The van der Waals surface area contributed by atoms with Crippen LogP contribution in [0.1, 0.15) is 17.5 Å². The zero-order chi connectivity index (χ0) is 21.9. The lowest BCUT2D eigenvalue weighted by molar-refractivity contribution is -0.137. The normalized spacial score (nSPS) is 12.6. The van der Waals surface area contributed by atoms with Crippen LogP contribution in [-0.4, -0.2) is 42.1 Å². The number of aliphatic hydroxyl groups excluding tert-OH is 1. The molecular formula is C18H18F3N7O2. The maximum Gasteiger partial charge on any atom is 0.416 e. The number of alkyl halides is 3. The van der Waals surface area contributed by atoms with Gasteiger partial charge in [0.15, 0.2) is 0 Å². The summed E-state index contributed by atoms with van der Waals surface area (Å²) in [6, 6.07) is 5.14. The number of nitrogens with zero attached hydrogens (tertiary/aromatic N) is 5. The van der Waals surface area contributed by atoms with Gasteiger partial charge in [0, 0.05) is 6.20 Å². The van der Waals surface area contributed by atoms with Crippen LogP contribution in [0.5, 0.6) is 0 Å². The average Bonchev–Trinajstić information content (AvgIpc) is 3.08. The minimum absolute atomic E-state index is 0.00731. The fourth-order valence-corrected chi connectivity index (χ4v) is 2.69. The molecule has 0 spiro atoms. The van der Waals surface area contributed by atoms with E-state index in [0.29, 0.717) is 11.4 Å². The van der Waals surface area contributed by atoms with Crippen molar-refractivity contribution in [1.82, 2.24) is 25.0 Å². The molecule has 3 aromatic heterocycles. The van der Waals surface area contributed by atoms with Crippen LogP contribution in [0.4, 0.5) is 24.8 Å². The van der Waals surface area contributed by atoms with Crippen molar-refractivity contribution in [3.05, 3.63) is 47.8 Å². The van der Waals surface area contributed by atoms with Crippen LogP contribution in [0.2, 0.25) is 0 Å². The Kier molecular flexibility index (Phi) is 5.96. The zero-order valence-corrected chi connectivity index (χ0v) is 15.8. The second-order valence-corrected chi connectivity index (χ2v) is 6.62. The van der Waals surface area contributed by atoms with E-state index in [0.717, 1.165) is 23.9 Å². The van der Waals surface area contributed by atoms with Crippen molar-refractivity contribution in [1.29, 1.82) is 0 Å². The average molecular weight is 421 g/mol. The molecule has 3 rings (SSSR count). The molecule has 3 heterocycles. The van der Waals surface area contributed by atoms with E-state index in [1.54, 1.807) is 19.1 Å². The Morgan fingerprint density at radius 2 is 2.03 bits per heavy atom. The van der Waals surface area contributed by atoms with Crippen LogP contribution in [0, 0.1) is 6.92 Å². The van der Waals surface area contributed by atoms with Gasteiger partial charge in [0.05, 0.1) is 36.5 Å². The van der Waals surface area contributed by atoms with Crippen molar-refractivity contribution in [3.63, 3.8) is 0 Å². The Hall–Kier alpha value is -3.54. The third-order valence-electron chi connectivity index (χ3n) is 3.95. The molecule has 0 aliphatic rings. The van der Waals surface area contributed by atoms with Gasteiger partial charge in [0.2, 0.25) is 5.91 Å². The van der Waals surface area contributed by atoms with Crippen LogP contribution in [0.3, 0.4) is 0 Å². The highest BCUT2D eigenvalue weighted by molar-refractivity contribution is 5.74. The molecule has 0 radical (unpaired) electrons. The fourth-order valence-electron chi connectivity index (χ4n) is 2.69. The smallest absolute Gasteiger partial charge is 0.391 e. The van der Waals surface area contributed by atoms with Gasteiger partial charge in [-0.2, -0.15) is 13.2 Å². The van der Waals surface area contributed by atoms with Crippen LogP contribution >= 0.6 is 0 Å². The minimum Gasteiger partial charge on any atom is -0.391 e. The van der Waals surface area contributed by atoms with E-state index in [1.165, 1.54) is 10.9 Å². The summed E-state index contributed by atoms with van der Waals surface area (Å²) in [5.41, 5.74) is 5.79. The Balaban J connectivity index is 1.80. The molecule has 1 amide bonds. The number of carbonyl (C=O) groups is 1. The highest BCUT2D eigenvalue weighted by Gasteiger charge is 2.30. The molecule has 12 heteroatoms. The molecule has 158 valence electrons. The summed E-state index contributed by atoms with van der Waals surface area (Å²) in [7, 11) is 0. The molecule has 0 aliphatic heterocycles. The maximum absolute atomic E-state index is 12.9. The SMILES string of the molecule is Cc1cc(Nc2cc(C(F)(F)F)ccn2)nc(-c2cn(C[C@H](O)CC(N)=O)nn2)c1. The number of rotatable bonds is 7. The van der Waals surface area contributed by atoms with Crippen LogP contribution in [0.25, 0.3) is 11.4 Å². The number of aryl methyl sites for hydroxylation is 1. The number of carbonyl (C=O) groups excluding carboxylic acids is 1. The molecule has 0 unspecified atom stereocenters. The summed E-state index contributed by atoms with van der Waals surface area (Å²) < 4.78 is 40.0. The van der Waals surface area contributed by atoms with E-state index in [9.17, 15) is 23.1 Å². The van der Waals surface area contributed by atoms with Crippen LogP contribution in [0.15, 0.2) is 36.7 Å². The number of primary amides is 1. The Bertz CT molecular complexity index is 1050. The topological polar surface area (TPSA) is 132 Å². The fraction of sp³-hybridized carbons (Fsp3) is 0.278. The largest absolute Gasteiger partial charge is 0.416 e. The van der Waals surface area contributed by atoms with Gasteiger partial charge in [-0.1, -0.05) is 5.21 Å². The van der Waals surface area contributed by atoms with Gasteiger partial charge in [0.25, 0.3) is 0 Å². The summed E-state index contributed by atoms with van der Waals surface area (Å²) in [4.78, 5) is 19.1. The third-order valence-corrected chi connectivity index (χ3v) is 3.95. The lowest BCUT2D eigenvalue weighted by Crippen LogP contribution is -2.24. The predicted molar refractivity (Wildman–Crippen MR) is 100 cm³/mol. The van der Waals surface area contributed by atoms with E-state index in [4.69, 9.17) is 5.73 Å². The number of nitrogens with one attached hydrogen (secondary N) is 1. The van der Waals surface area contributed by atoms with Crippen molar-refractivity contribution in [2.45, 2.75) is 32.2 Å². The lowest BCUT2D eigenvalue weighted by atomic mass is 10.2. The Labute approximate surface area is 168 Å². The van der Waals surface area contributed by atoms with Crippen molar-refractivity contribution in [3.8, 4) is 11.4 Å². The summed E-state index contributed by atoms with van der Waals surface area (Å²) in [6.07, 6.45) is -3.12. The van der Waals surface area contributed by atoms with Gasteiger partial charge in [0.1, 0.15) is 17.3 Å². The number of nitrogens with two attached hydrogens (primary N) is 1. The summed E-state index contributed by atoms with van der Waals surface area (Å²) in [5, 5.41) is 20.4. The van der Waals surface area contributed by atoms with Crippen molar-refractivity contribution in [2.75, 3.05) is 5.32 Å². The molecule has 0 saturated carbocycles. The number of aliphatic hydroxyl groups is 1. The number of aromatic nitrogens is 5. The first kappa shape index (κ1) is 21.2. The van der Waals surface area contributed by atoms with Gasteiger partial charge in [-0.05, 0) is 36.8 Å². The van der Waals surface area contributed by atoms with Crippen molar-refractivity contribution >= 4 is 17.5 Å². The van der Waals surface area contributed by atoms with Crippen LogP contribution in [-0.2, 0) is 17.5 Å². The standard InChI is InChI=1S/C18H18F3N7O2/c1-10-4-13(14-9-28(27-26-14)8-12(29)7-15(22)30)24-17(5-10)25-16-6-11(2-3-23-16)18(19,20)21/h2-6,9,12,29H,7-8H2,1H3,(H2,22,30)(H,23,24,25)/t12-/m1/s1. The van der Waals surface area contributed by atoms with E-state index >= 15 is 0 Å². The summed E-state index contributed by atoms with van der Waals surface area (Å²) in [6.45, 7) is 1.80. The number of pyridine rings is 2. The second-order valence-electron chi connectivity index (χ2n) is 6.62. The quantitative estimate of drug-likeness (QED) is 0.532. The monoisotopic (exact) mass is 421 g/mol. The van der Waals surface area contributed by atoms with Gasteiger partial charge in [-0.3, -0.25) is 4.79 Å². The van der Waals surface area contributed by atoms with E-state index < -0.39 is 23.8 Å². The molecular weight excluding hydrogens is 403 g/mol. The highest BCUT2D eigenvalue weighted by Crippen LogP contribution is 2.30. The number of hydrogen-bond acceptors (Lipinski definition) is 7. The minimum atomic E-state index is -4.48. The molecule has 1 atom stereocenters. The first-order valence-corrected chi connectivity index (χ1v) is 8.76. The Morgan fingerprint density at radius 3 is 2.73 bits per heavy atom. The molecule has 0 saturated heterocycles. The summed E-state index contributed by atoms with van der Waals surface area (Å²) in [5.74, 6) is -0.366. The number of hydrogen-bond donors (Lipinski definition) is 3. The summed E-state index contributed by atoms with van der Waals surface area (Å²) >= 11 is 0. The van der Waals surface area contributed by atoms with Gasteiger partial charge < -0.3 is 16.2 Å². The predicted octanol–water partition coefficient (Wildman–Crippen LogP) is 2.04. The molecule has 0 bridgehead atoms. The molecule has 4 N–H and O–H groups in total. The van der Waals surface area contributed by atoms with Gasteiger partial charge >= 0.3 is 6.18 Å². The maximum atomic E-state index is 12.9. The highest BCUT2D eigenvalue weighted by atomic mass is 19.4. The van der Waals surface area contributed by atoms with Gasteiger partial charge in [-0.25, -0.2) is 14.6 Å². The van der Waals surface area contributed by atoms with Crippen LogP contribution < -0.4 is 11.1 Å². The number of halogens is 3. The molecule has 0 aromatic carbocycles.